The van der Waals surface area contributed by atoms with Crippen LogP contribution in [-0.2, 0) is 19.9 Å². The number of H-pyrrole nitrogens is 1. The van der Waals surface area contributed by atoms with E-state index in [2.05, 4.69) is 19.9 Å². The number of aromatic nitrogens is 3. The minimum Gasteiger partial charge on any atom is -0.506 e. The van der Waals surface area contributed by atoms with Crippen LogP contribution in [0.3, 0.4) is 0 Å². The second kappa shape index (κ2) is 9.00. The van der Waals surface area contributed by atoms with Crippen LogP contribution in [0.2, 0.25) is 0 Å². The number of sulfone groups is 1. The highest BCUT2D eigenvalue weighted by Gasteiger charge is 2.25. The van der Waals surface area contributed by atoms with Crippen LogP contribution in [0.4, 0.5) is 5.69 Å². The molecule has 0 aliphatic rings. The summed E-state index contributed by atoms with van der Waals surface area (Å²) in [7, 11) is -7.99. The molecular weight excluding hydrogens is 529 g/mol. The van der Waals surface area contributed by atoms with Crippen LogP contribution in [-0.4, -0.2) is 37.1 Å². The number of phenols is 1. The zero-order valence-corrected chi connectivity index (χ0v) is 20.9. The average molecular weight is 545 g/mol. The maximum Gasteiger partial charge on any atom is 0.271 e. The van der Waals surface area contributed by atoms with Gasteiger partial charge in [-0.15, -0.1) is 11.3 Å². The number of hydrogen-bond acceptors (Lipinski definition) is 9. The number of benzene rings is 3. The molecule has 5 aromatic rings. The quantitative estimate of drug-likeness (QED) is 0.254. The number of nitrogens with zero attached hydrogens (tertiary/aromatic N) is 2. The molecule has 178 valence electrons. The average Bonchev–Trinajstić information content (AvgIpc) is 3.56. The predicted octanol–water partition coefficient (Wildman–Crippen LogP) is 4.51. The molecule has 0 saturated heterocycles. The topological polar surface area (TPSA) is 142 Å². The summed E-state index contributed by atoms with van der Waals surface area (Å²) in [6.07, 6.45) is 1.32. The number of thiophene rings is 1. The van der Waals surface area contributed by atoms with Gasteiger partial charge in [0.15, 0.2) is 5.16 Å². The van der Waals surface area contributed by atoms with Crippen molar-refractivity contribution in [3.8, 4) is 5.75 Å². The van der Waals surface area contributed by atoms with Crippen LogP contribution in [0.15, 0.2) is 102 Å². The van der Waals surface area contributed by atoms with Gasteiger partial charge in [0, 0.05) is 10.8 Å². The third-order valence-corrected chi connectivity index (χ3v) is 11.1. The van der Waals surface area contributed by atoms with Crippen molar-refractivity contribution >= 4 is 59.4 Å². The maximum atomic E-state index is 13.2. The van der Waals surface area contributed by atoms with Crippen molar-refractivity contribution in [1.29, 1.82) is 0 Å². The molecule has 0 spiro atoms. The Hall–Kier alpha value is -3.39. The first-order valence-corrected chi connectivity index (χ1v) is 14.6. The van der Waals surface area contributed by atoms with Crippen LogP contribution in [0.1, 0.15) is 0 Å². The van der Waals surface area contributed by atoms with Crippen molar-refractivity contribution in [2.45, 2.75) is 23.4 Å². The molecule has 0 fully saturated rings. The highest BCUT2D eigenvalue weighted by Crippen LogP contribution is 2.42. The van der Waals surface area contributed by atoms with E-state index in [-0.39, 0.29) is 24.8 Å². The van der Waals surface area contributed by atoms with Crippen LogP contribution < -0.4 is 4.72 Å². The molecule has 0 bridgehead atoms. The van der Waals surface area contributed by atoms with Crippen molar-refractivity contribution in [2.75, 3.05) is 4.72 Å². The van der Waals surface area contributed by atoms with Crippen LogP contribution >= 0.6 is 23.1 Å². The highest BCUT2D eigenvalue weighted by molar-refractivity contribution is 7.99. The van der Waals surface area contributed by atoms with E-state index >= 15 is 0 Å². The lowest BCUT2D eigenvalue weighted by Crippen LogP contribution is -2.12. The summed E-state index contributed by atoms with van der Waals surface area (Å²) in [6.45, 7) is 0. The van der Waals surface area contributed by atoms with Gasteiger partial charge >= 0.3 is 0 Å². The Morgan fingerprint density at radius 3 is 2.29 bits per heavy atom. The Bertz CT molecular complexity index is 1730. The number of aromatic hydroxyl groups is 1. The summed E-state index contributed by atoms with van der Waals surface area (Å²) in [6, 6.07) is 18.6. The number of nitrogens with one attached hydrogen (secondary N) is 2. The Balaban J connectivity index is 1.53. The number of hydrogen-bond donors (Lipinski definition) is 3. The van der Waals surface area contributed by atoms with E-state index < -0.39 is 19.9 Å². The third kappa shape index (κ3) is 4.50. The largest absolute Gasteiger partial charge is 0.506 e. The molecule has 3 N–H and O–H groups in total. The third-order valence-electron chi connectivity index (χ3n) is 4.96. The van der Waals surface area contributed by atoms with E-state index in [9.17, 15) is 21.9 Å². The van der Waals surface area contributed by atoms with Crippen LogP contribution in [0.25, 0.3) is 10.8 Å². The normalized spacial score (nSPS) is 12.1. The lowest BCUT2D eigenvalue weighted by Gasteiger charge is -2.13. The number of sulfonamides is 1. The lowest BCUT2D eigenvalue weighted by atomic mass is 10.1. The maximum absolute atomic E-state index is 13.2. The van der Waals surface area contributed by atoms with Crippen LogP contribution in [0, 0.1) is 0 Å². The fourth-order valence-corrected chi connectivity index (χ4v) is 8.40. The molecule has 5 rings (SSSR count). The van der Waals surface area contributed by atoms with Gasteiger partial charge in [-0.2, -0.15) is 5.10 Å². The van der Waals surface area contributed by atoms with E-state index in [4.69, 9.17) is 0 Å². The molecule has 0 saturated carbocycles. The monoisotopic (exact) mass is 544 g/mol. The molecule has 9 nitrogen and oxygen atoms in total. The number of aromatic amines is 1. The standard InChI is InChI=1S/C22H16N4O5S4/c27-21-16-9-5-4-8-15(16)17(12-18(21)32-22-23-13-24-25-22)26-35(30,31)20-11-10-19(33-20)34(28,29)14-6-2-1-3-7-14/h1-13,26-27H,(H,23,24,25). The first-order chi connectivity index (χ1) is 16.8. The molecule has 2 aromatic heterocycles. The summed E-state index contributed by atoms with van der Waals surface area (Å²) in [4.78, 5) is 4.47. The number of phenolic OH excluding ortho intramolecular Hbond substituents is 1. The molecule has 13 heteroatoms. The molecule has 2 heterocycles. The molecule has 35 heavy (non-hydrogen) atoms. The van der Waals surface area contributed by atoms with E-state index in [1.807, 2.05) is 0 Å². The van der Waals surface area contributed by atoms with Gasteiger partial charge in [0.1, 0.15) is 20.5 Å². The van der Waals surface area contributed by atoms with E-state index in [1.54, 1.807) is 42.5 Å². The second-order valence-electron chi connectivity index (χ2n) is 7.20. The summed E-state index contributed by atoms with van der Waals surface area (Å²) in [5.41, 5.74) is 0.223. The number of rotatable bonds is 7. The molecule has 0 radical (unpaired) electrons. The van der Waals surface area contributed by atoms with Gasteiger partial charge in [-0.3, -0.25) is 9.82 Å². The smallest absolute Gasteiger partial charge is 0.271 e. The SMILES string of the molecule is O=S(=O)(Nc1cc(Sc2ncn[nH]2)c(O)c2ccccc12)c1ccc(S(=O)(=O)c2ccccc2)s1. The van der Waals surface area contributed by atoms with E-state index in [0.717, 1.165) is 11.8 Å². The minimum absolute atomic E-state index is 0.0303. The Morgan fingerprint density at radius 2 is 1.57 bits per heavy atom. The molecule has 0 aliphatic carbocycles. The Labute approximate surface area is 208 Å². The predicted molar refractivity (Wildman–Crippen MR) is 133 cm³/mol. The second-order valence-corrected chi connectivity index (χ2v) is 13.4. The van der Waals surface area contributed by atoms with Crippen molar-refractivity contribution in [3.63, 3.8) is 0 Å². The summed E-state index contributed by atoms with van der Waals surface area (Å²) in [5.74, 6) is -0.0303. The van der Waals surface area contributed by atoms with Crippen molar-refractivity contribution in [2.24, 2.45) is 0 Å². The number of anilines is 1. The Kier molecular flexibility index (Phi) is 6.01. The van der Waals surface area contributed by atoms with Gasteiger partial charge in [0.05, 0.1) is 15.5 Å². The highest BCUT2D eigenvalue weighted by atomic mass is 32.3. The van der Waals surface area contributed by atoms with Gasteiger partial charge in [-0.05, 0) is 42.1 Å². The van der Waals surface area contributed by atoms with E-state index in [1.165, 1.54) is 36.7 Å². The molecule has 0 atom stereocenters. The lowest BCUT2D eigenvalue weighted by molar-refractivity contribution is 0.469. The van der Waals surface area contributed by atoms with Gasteiger partial charge < -0.3 is 5.11 Å². The minimum atomic E-state index is -4.14. The fourth-order valence-electron chi connectivity index (χ4n) is 3.35. The van der Waals surface area contributed by atoms with Crippen molar-refractivity contribution < 1.29 is 21.9 Å². The molecule has 0 amide bonds. The summed E-state index contributed by atoms with van der Waals surface area (Å²) >= 11 is 1.75. The van der Waals surface area contributed by atoms with Gasteiger partial charge in [-0.1, -0.05) is 42.5 Å². The summed E-state index contributed by atoms with van der Waals surface area (Å²) < 4.78 is 54.6. The molecule has 0 unspecified atom stereocenters. The van der Waals surface area contributed by atoms with Crippen molar-refractivity contribution in [3.05, 3.63) is 79.1 Å². The zero-order valence-electron chi connectivity index (χ0n) is 17.6. The zero-order chi connectivity index (χ0) is 24.6. The number of fused-ring (bicyclic) bond motifs is 1. The molecular formula is C22H16N4O5S4. The summed E-state index contributed by atoms with van der Waals surface area (Å²) in [5, 5.41) is 18.6. The Morgan fingerprint density at radius 1 is 0.886 bits per heavy atom. The van der Waals surface area contributed by atoms with Gasteiger partial charge in [0.2, 0.25) is 9.84 Å². The van der Waals surface area contributed by atoms with E-state index in [0.29, 0.717) is 32.2 Å². The first-order valence-electron chi connectivity index (χ1n) is 9.96. The molecule has 0 aliphatic heterocycles. The van der Waals surface area contributed by atoms with Gasteiger partial charge in [0.25, 0.3) is 10.0 Å². The van der Waals surface area contributed by atoms with Crippen molar-refractivity contribution in [1.82, 2.24) is 15.2 Å². The fraction of sp³-hybridized carbons (Fsp3) is 0. The van der Waals surface area contributed by atoms with Crippen LogP contribution in [0.5, 0.6) is 5.75 Å². The first kappa shape index (κ1) is 23.4. The van der Waals surface area contributed by atoms with Gasteiger partial charge in [-0.25, -0.2) is 21.8 Å². The molecule has 3 aromatic carbocycles.